The number of carbonyl (C=O) groups is 2. The number of carboxylic acid groups (broad SMARTS) is 1. The summed E-state index contributed by atoms with van der Waals surface area (Å²) in [7, 11) is 2.82. The lowest BCUT2D eigenvalue weighted by molar-refractivity contribution is -0.254. The van der Waals surface area contributed by atoms with E-state index in [2.05, 4.69) is 5.32 Å². The van der Waals surface area contributed by atoms with Crippen molar-refractivity contribution >= 4 is 29.3 Å². The van der Waals surface area contributed by atoms with Crippen LogP contribution in [-0.4, -0.2) is 31.8 Å². The summed E-state index contributed by atoms with van der Waals surface area (Å²) in [5.41, 5.74) is 1.07. The minimum Gasteiger partial charge on any atom is -0.545 e. The third-order valence-corrected chi connectivity index (χ3v) is 4.42. The number of thioether (sulfide) groups is 1. The lowest BCUT2D eigenvalue weighted by atomic mass is 10.1. The quantitative estimate of drug-likeness (QED) is 0.761. The molecule has 2 aromatic carbocycles. The lowest BCUT2D eigenvalue weighted by Crippen LogP contribution is -2.25. The largest absolute Gasteiger partial charge is 0.545 e. The summed E-state index contributed by atoms with van der Waals surface area (Å²) in [6.07, 6.45) is 0. The molecule has 0 fully saturated rings. The Morgan fingerprint density at radius 1 is 1.08 bits per heavy atom. The number of nitrogens with one attached hydrogen (secondary N) is 1. The van der Waals surface area contributed by atoms with E-state index >= 15 is 0 Å². The second-order valence-corrected chi connectivity index (χ2v) is 6.24. The third kappa shape index (κ3) is 4.90. The molecule has 0 unspecified atom stereocenters. The molecule has 25 heavy (non-hydrogen) atoms. The second kappa shape index (κ2) is 8.43. The maximum atomic E-state index is 12.2. The van der Waals surface area contributed by atoms with Gasteiger partial charge in [0, 0.05) is 16.5 Å². The van der Waals surface area contributed by atoms with Crippen molar-refractivity contribution in [3.8, 4) is 11.5 Å². The van der Waals surface area contributed by atoms with Crippen LogP contribution in [0.5, 0.6) is 11.5 Å². The number of carboxylic acids is 1. The molecule has 0 atom stereocenters. The SMILES string of the molecule is COc1cc(NC(=O)CSc2ccc(C)cc2)c(C(=O)[O-])cc1OC. The summed E-state index contributed by atoms with van der Waals surface area (Å²) < 4.78 is 10.2. The number of amides is 1. The zero-order chi connectivity index (χ0) is 18.4. The van der Waals surface area contributed by atoms with Gasteiger partial charge in [-0.25, -0.2) is 0 Å². The summed E-state index contributed by atoms with van der Waals surface area (Å²) in [6.45, 7) is 1.99. The molecule has 2 aromatic rings. The number of aromatic carboxylic acids is 1. The number of aryl methyl sites for hydroxylation is 1. The van der Waals surface area contributed by atoms with Gasteiger partial charge in [-0.2, -0.15) is 0 Å². The van der Waals surface area contributed by atoms with Crippen molar-refractivity contribution < 1.29 is 24.2 Å². The highest BCUT2D eigenvalue weighted by atomic mass is 32.2. The Labute approximate surface area is 150 Å². The van der Waals surface area contributed by atoms with Crippen molar-refractivity contribution in [3.63, 3.8) is 0 Å². The molecule has 132 valence electrons. The first kappa shape index (κ1) is 18.7. The average molecular weight is 360 g/mol. The Morgan fingerprint density at radius 2 is 1.68 bits per heavy atom. The highest BCUT2D eigenvalue weighted by Crippen LogP contribution is 2.33. The number of anilines is 1. The number of rotatable bonds is 7. The van der Waals surface area contributed by atoms with E-state index in [1.807, 2.05) is 31.2 Å². The molecule has 0 spiro atoms. The minimum atomic E-state index is -1.41. The predicted octanol–water partition coefficient (Wildman–Crippen LogP) is 2.11. The summed E-state index contributed by atoms with van der Waals surface area (Å²) in [5, 5.41) is 13.9. The minimum absolute atomic E-state index is 0.104. The molecule has 1 amide bonds. The van der Waals surface area contributed by atoms with Crippen LogP contribution in [0.25, 0.3) is 0 Å². The van der Waals surface area contributed by atoms with Crippen molar-refractivity contribution in [3.05, 3.63) is 47.5 Å². The molecule has 0 aliphatic rings. The average Bonchev–Trinajstić information content (AvgIpc) is 2.60. The van der Waals surface area contributed by atoms with Crippen molar-refractivity contribution in [2.24, 2.45) is 0 Å². The molecule has 6 nitrogen and oxygen atoms in total. The van der Waals surface area contributed by atoms with Gasteiger partial charge >= 0.3 is 0 Å². The highest BCUT2D eigenvalue weighted by Gasteiger charge is 2.14. The molecular formula is C18H18NO5S-. The van der Waals surface area contributed by atoms with E-state index in [0.29, 0.717) is 5.75 Å². The van der Waals surface area contributed by atoms with E-state index < -0.39 is 5.97 Å². The Hall–Kier alpha value is -2.67. The molecule has 0 bridgehead atoms. The van der Waals surface area contributed by atoms with Crippen LogP contribution in [0.3, 0.4) is 0 Å². The van der Waals surface area contributed by atoms with Crippen LogP contribution in [0.2, 0.25) is 0 Å². The number of carbonyl (C=O) groups excluding carboxylic acids is 2. The van der Waals surface area contributed by atoms with Gasteiger partial charge in [0.2, 0.25) is 5.91 Å². The van der Waals surface area contributed by atoms with Gasteiger partial charge in [-0.1, -0.05) is 17.7 Å². The van der Waals surface area contributed by atoms with Crippen LogP contribution in [0, 0.1) is 6.92 Å². The summed E-state index contributed by atoms with van der Waals surface area (Å²) >= 11 is 1.36. The van der Waals surface area contributed by atoms with Gasteiger partial charge in [0.05, 0.1) is 31.6 Å². The molecule has 2 rings (SSSR count). The normalized spacial score (nSPS) is 10.2. The molecule has 0 radical (unpaired) electrons. The molecule has 0 saturated carbocycles. The monoisotopic (exact) mass is 360 g/mol. The number of hydrogen-bond donors (Lipinski definition) is 1. The van der Waals surface area contributed by atoms with E-state index in [0.717, 1.165) is 10.5 Å². The van der Waals surface area contributed by atoms with Crippen LogP contribution in [0.1, 0.15) is 15.9 Å². The molecular weight excluding hydrogens is 342 g/mol. The summed E-state index contributed by atoms with van der Waals surface area (Å²) in [4.78, 5) is 24.4. The van der Waals surface area contributed by atoms with Crippen molar-refractivity contribution in [1.29, 1.82) is 0 Å². The van der Waals surface area contributed by atoms with Gasteiger partial charge in [-0.15, -0.1) is 11.8 Å². The van der Waals surface area contributed by atoms with E-state index in [-0.39, 0.29) is 28.7 Å². The topological polar surface area (TPSA) is 87.7 Å². The number of methoxy groups -OCH3 is 2. The molecule has 0 aliphatic carbocycles. The van der Waals surface area contributed by atoms with E-state index in [9.17, 15) is 14.7 Å². The standard InChI is InChI=1S/C18H19NO5S/c1-11-4-6-12(7-5-11)25-10-17(20)19-14-9-16(24-3)15(23-2)8-13(14)18(21)22/h4-9H,10H2,1-3H3,(H,19,20)(H,21,22)/p-1. The van der Waals surface area contributed by atoms with Gasteiger partial charge in [0.15, 0.2) is 11.5 Å². The van der Waals surface area contributed by atoms with E-state index in [4.69, 9.17) is 9.47 Å². The van der Waals surface area contributed by atoms with Crippen LogP contribution >= 0.6 is 11.8 Å². The first-order valence-electron chi connectivity index (χ1n) is 7.41. The van der Waals surface area contributed by atoms with Crippen LogP contribution in [0.15, 0.2) is 41.3 Å². The fraction of sp³-hybridized carbons (Fsp3) is 0.222. The first-order valence-corrected chi connectivity index (χ1v) is 8.40. The smallest absolute Gasteiger partial charge is 0.234 e. The van der Waals surface area contributed by atoms with Gasteiger partial charge in [-0.05, 0) is 25.1 Å². The fourth-order valence-corrected chi connectivity index (χ4v) is 2.82. The molecule has 7 heteroatoms. The van der Waals surface area contributed by atoms with Crippen LogP contribution < -0.4 is 19.9 Å². The lowest BCUT2D eigenvalue weighted by Gasteiger charge is -2.16. The summed E-state index contributed by atoms with van der Waals surface area (Å²) in [5.74, 6) is -1.05. The van der Waals surface area contributed by atoms with E-state index in [1.54, 1.807) is 0 Å². The third-order valence-electron chi connectivity index (χ3n) is 3.41. The molecule has 0 aliphatic heterocycles. The van der Waals surface area contributed by atoms with Gasteiger partial charge in [0.1, 0.15) is 0 Å². The molecule has 0 heterocycles. The van der Waals surface area contributed by atoms with Crippen molar-refractivity contribution in [2.75, 3.05) is 25.3 Å². The number of hydrogen-bond acceptors (Lipinski definition) is 6. The van der Waals surface area contributed by atoms with E-state index in [1.165, 1.54) is 38.1 Å². The molecule has 1 N–H and O–H groups in total. The Morgan fingerprint density at radius 3 is 2.24 bits per heavy atom. The maximum absolute atomic E-state index is 12.2. The van der Waals surface area contributed by atoms with Crippen LogP contribution in [-0.2, 0) is 4.79 Å². The van der Waals surface area contributed by atoms with Crippen LogP contribution in [0.4, 0.5) is 5.69 Å². The second-order valence-electron chi connectivity index (χ2n) is 5.19. The Bertz CT molecular complexity index is 774. The highest BCUT2D eigenvalue weighted by molar-refractivity contribution is 8.00. The van der Waals surface area contributed by atoms with Crippen molar-refractivity contribution in [2.45, 2.75) is 11.8 Å². The van der Waals surface area contributed by atoms with Gasteiger partial charge < -0.3 is 24.7 Å². The molecule has 0 aromatic heterocycles. The Balaban J connectivity index is 2.13. The number of ether oxygens (including phenoxy) is 2. The maximum Gasteiger partial charge on any atom is 0.234 e. The summed E-state index contributed by atoms with van der Waals surface area (Å²) in [6, 6.07) is 10.4. The van der Waals surface area contributed by atoms with Crippen molar-refractivity contribution in [1.82, 2.24) is 0 Å². The zero-order valence-electron chi connectivity index (χ0n) is 14.1. The fourth-order valence-electron chi connectivity index (χ4n) is 2.12. The van der Waals surface area contributed by atoms with Gasteiger partial charge in [0.25, 0.3) is 0 Å². The Kier molecular flexibility index (Phi) is 6.30. The van der Waals surface area contributed by atoms with Gasteiger partial charge in [-0.3, -0.25) is 4.79 Å². The molecule has 0 saturated heterocycles. The zero-order valence-corrected chi connectivity index (χ0v) is 14.9. The number of benzene rings is 2. The first-order chi connectivity index (χ1) is 11.9. The predicted molar refractivity (Wildman–Crippen MR) is 94.4 cm³/mol.